The summed E-state index contributed by atoms with van der Waals surface area (Å²) < 4.78 is 22.4. The molecule has 0 unspecified atom stereocenters. The third-order valence-corrected chi connectivity index (χ3v) is 5.36. The molecule has 184 valence electrons. The van der Waals surface area contributed by atoms with E-state index in [0.29, 0.717) is 51.8 Å². The van der Waals surface area contributed by atoms with Crippen LogP contribution in [0.15, 0.2) is 59.7 Å². The average molecular weight is 517 g/mol. The molecule has 0 heterocycles. The third kappa shape index (κ3) is 7.28. The Morgan fingerprint density at radius 2 is 1.60 bits per heavy atom. The lowest BCUT2D eigenvalue weighted by Gasteiger charge is -2.13. The van der Waals surface area contributed by atoms with E-state index < -0.39 is 0 Å². The minimum absolute atomic E-state index is 0.255. The fraction of sp³-hybridized carbons (Fsp3) is 0.231. The van der Waals surface area contributed by atoms with E-state index in [1.165, 1.54) is 13.3 Å². The highest BCUT2D eigenvalue weighted by molar-refractivity contribution is 6.35. The fourth-order valence-corrected chi connectivity index (χ4v) is 3.56. The van der Waals surface area contributed by atoms with Crippen LogP contribution in [-0.2, 0) is 6.61 Å². The molecule has 0 fully saturated rings. The van der Waals surface area contributed by atoms with Crippen LogP contribution in [0.2, 0.25) is 10.0 Å². The van der Waals surface area contributed by atoms with Crippen LogP contribution in [0.1, 0.15) is 35.3 Å². The highest BCUT2D eigenvalue weighted by atomic mass is 35.5. The van der Waals surface area contributed by atoms with E-state index in [-0.39, 0.29) is 12.5 Å². The summed E-state index contributed by atoms with van der Waals surface area (Å²) in [7, 11) is 1.52. The molecule has 3 rings (SSSR count). The van der Waals surface area contributed by atoms with Crippen LogP contribution in [0.4, 0.5) is 0 Å². The van der Waals surface area contributed by atoms with Crippen molar-refractivity contribution < 1.29 is 23.7 Å². The van der Waals surface area contributed by atoms with Gasteiger partial charge in [-0.2, -0.15) is 5.10 Å². The monoisotopic (exact) mass is 516 g/mol. The van der Waals surface area contributed by atoms with Gasteiger partial charge in [0, 0.05) is 21.2 Å². The number of carbonyl (C=O) groups is 1. The molecule has 3 aromatic carbocycles. The zero-order valence-electron chi connectivity index (χ0n) is 19.6. The Labute approximate surface area is 214 Å². The second-order valence-electron chi connectivity index (χ2n) is 7.16. The van der Waals surface area contributed by atoms with Crippen molar-refractivity contribution in [3.05, 3.63) is 81.3 Å². The first-order valence-corrected chi connectivity index (χ1v) is 11.7. The van der Waals surface area contributed by atoms with Gasteiger partial charge in [-0.15, -0.1) is 0 Å². The van der Waals surface area contributed by atoms with Gasteiger partial charge in [0.05, 0.1) is 26.5 Å². The zero-order chi connectivity index (χ0) is 25.2. The number of carbonyl (C=O) groups excluding carboxylic acids is 1. The summed E-state index contributed by atoms with van der Waals surface area (Å²) in [6, 6.07) is 15.5. The second-order valence-corrected chi connectivity index (χ2v) is 8.01. The van der Waals surface area contributed by atoms with Crippen molar-refractivity contribution in [3.63, 3.8) is 0 Å². The smallest absolute Gasteiger partial charge is 0.271 e. The molecule has 0 saturated heterocycles. The van der Waals surface area contributed by atoms with Crippen LogP contribution >= 0.6 is 23.2 Å². The Hall–Kier alpha value is -3.42. The minimum atomic E-state index is -0.382. The number of halogens is 2. The molecule has 35 heavy (non-hydrogen) atoms. The number of hydrogen-bond donors (Lipinski definition) is 1. The first kappa shape index (κ1) is 26.2. The van der Waals surface area contributed by atoms with Gasteiger partial charge >= 0.3 is 0 Å². The van der Waals surface area contributed by atoms with E-state index >= 15 is 0 Å². The standard InChI is InChI=1S/C26H26Cl2N2O5/c1-4-33-22-11-8-18(13-24(22)32-3)26(31)30-29-15-17-6-10-23(25(12-17)34-5-2)35-16-19-7-9-20(27)14-21(19)28/h6-15H,4-5,16H2,1-3H3,(H,30,31)/b29-15+. The normalized spacial score (nSPS) is 10.8. The maximum absolute atomic E-state index is 12.5. The van der Waals surface area contributed by atoms with Crippen molar-refractivity contribution in [1.82, 2.24) is 5.43 Å². The summed E-state index contributed by atoms with van der Waals surface area (Å²) in [6.07, 6.45) is 1.52. The van der Waals surface area contributed by atoms with Gasteiger partial charge in [0.2, 0.25) is 0 Å². The average Bonchev–Trinajstić information content (AvgIpc) is 2.85. The van der Waals surface area contributed by atoms with Gasteiger partial charge in [-0.3, -0.25) is 4.79 Å². The molecule has 0 aliphatic carbocycles. The van der Waals surface area contributed by atoms with Gasteiger partial charge < -0.3 is 18.9 Å². The summed E-state index contributed by atoms with van der Waals surface area (Å²) in [5.74, 6) is 1.76. The predicted molar refractivity (Wildman–Crippen MR) is 138 cm³/mol. The molecular formula is C26H26Cl2N2O5. The highest BCUT2D eigenvalue weighted by Gasteiger charge is 2.11. The number of ether oxygens (including phenoxy) is 4. The van der Waals surface area contributed by atoms with Crippen LogP contribution in [0, 0.1) is 0 Å². The number of rotatable bonds is 11. The number of amides is 1. The molecule has 0 aliphatic rings. The van der Waals surface area contributed by atoms with E-state index in [2.05, 4.69) is 10.5 Å². The summed E-state index contributed by atoms with van der Waals surface area (Å²) in [5.41, 5.74) is 4.42. The van der Waals surface area contributed by atoms with E-state index in [0.717, 1.165) is 11.1 Å². The Bertz CT molecular complexity index is 1200. The Kier molecular flexibility index (Phi) is 9.64. The van der Waals surface area contributed by atoms with Gasteiger partial charge in [0.1, 0.15) is 6.61 Å². The molecule has 0 spiro atoms. The third-order valence-electron chi connectivity index (χ3n) is 4.77. The Balaban J connectivity index is 1.67. The van der Waals surface area contributed by atoms with Crippen LogP contribution in [-0.4, -0.2) is 32.4 Å². The van der Waals surface area contributed by atoms with Crippen LogP contribution in [0.5, 0.6) is 23.0 Å². The van der Waals surface area contributed by atoms with E-state index in [4.69, 9.17) is 42.1 Å². The number of methoxy groups -OCH3 is 1. The predicted octanol–water partition coefficient (Wildman–Crippen LogP) is 6.14. The Morgan fingerprint density at radius 1 is 0.886 bits per heavy atom. The zero-order valence-corrected chi connectivity index (χ0v) is 21.2. The van der Waals surface area contributed by atoms with Crippen molar-refractivity contribution in [2.24, 2.45) is 5.10 Å². The van der Waals surface area contributed by atoms with Gasteiger partial charge in [-0.25, -0.2) is 5.43 Å². The quantitative estimate of drug-likeness (QED) is 0.244. The van der Waals surface area contributed by atoms with Crippen molar-refractivity contribution in [3.8, 4) is 23.0 Å². The summed E-state index contributed by atoms with van der Waals surface area (Å²) in [6.45, 7) is 4.96. The maximum atomic E-state index is 12.5. The molecule has 1 N–H and O–H groups in total. The van der Waals surface area contributed by atoms with Crippen molar-refractivity contribution in [1.29, 1.82) is 0 Å². The largest absolute Gasteiger partial charge is 0.493 e. The van der Waals surface area contributed by atoms with Gasteiger partial charge in [-0.05, 0) is 67.9 Å². The molecule has 0 aliphatic heterocycles. The lowest BCUT2D eigenvalue weighted by molar-refractivity contribution is 0.0954. The van der Waals surface area contributed by atoms with Crippen LogP contribution in [0.3, 0.4) is 0 Å². The topological polar surface area (TPSA) is 78.4 Å². The molecule has 0 atom stereocenters. The molecular weight excluding hydrogens is 491 g/mol. The van der Waals surface area contributed by atoms with Crippen LogP contribution < -0.4 is 24.4 Å². The number of nitrogens with zero attached hydrogens (tertiary/aromatic N) is 1. The van der Waals surface area contributed by atoms with Crippen molar-refractivity contribution in [2.75, 3.05) is 20.3 Å². The highest BCUT2D eigenvalue weighted by Crippen LogP contribution is 2.30. The van der Waals surface area contributed by atoms with Crippen molar-refractivity contribution >= 4 is 35.3 Å². The fourth-order valence-electron chi connectivity index (χ4n) is 3.10. The molecule has 1 amide bonds. The molecule has 0 radical (unpaired) electrons. The first-order valence-electron chi connectivity index (χ1n) is 10.9. The van der Waals surface area contributed by atoms with Gasteiger partial charge in [0.15, 0.2) is 23.0 Å². The number of hydrazone groups is 1. The number of hydrogen-bond acceptors (Lipinski definition) is 6. The van der Waals surface area contributed by atoms with Gasteiger partial charge in [0.25, 0.3) is 5.91 Å². The maximum Gasteiger partial charge on any atom is 0.271 e. The summed E-state index contributed by atoms with van der Waals surface area (Å²) in [4.78, 5) is 12.5. The van der Waals surface area contributed by atoms with Crippen molar-refractivity contribution in [2.45, 2.75) is 20.5 Å². The first-order chi connectivity index (χ1) is 16.9. The minimum Gasteiger partial charge on any atom is -0.493 e. The van der Waals surface area contributed by atoms with Gasteiger partial charge in [-0.1, -0.05) is 29.3 Å². The molecule has 0 saturated carbocycles. The van der Waals surface area contributed by atoms with Crippen LogP contribution in [0.25, 0.3) is 0 Å². The molecule has 0 bridgehead atoms. The summed E-state index contributed by atoms with van der Waals surface area (Å²) >= 11 is 12.2. The lowest BCUT2D eigenvalue weighted by Crippen LogP contribution is -2.17. The molecule has 7 nitrogen and oxygen atoms in total. The summed E-state index contributed by atoms with van der Waals surface area (Å²) in [5, 5.41) is 5.14. The SMILES string of the molecule is CCOc1ccc(C(=O)N/N=C/c2ccc(OCc3ccc(Cl)cc3Cl)c(OCC)c2)cc1OC. The van der Waals surface area contributed by atoms with E-state index in [9.17, 15) is 4.79 Å². The second kappa shape index (κ2) is 12.9. The number of nitrogens with one attached hydrogen (secondary N) is 1. The number of benzene rings is 3. The lowest BCUT2D eigenvalue weighted by atomic mass is 10.2. The van der Waals surface area contributed by atoms with E-state index in [1.807, 2.05) is 19.9 Å². The van der Waals surface area contributed by atoms with E-state index in [1.54, 1.807) is 48.5 Å². The molecule has 9 heteroatoms. The molecule has 0 aromatic heterocycles. The Morgan fingerprint density at radius 3 is 2.31 bits per heavy atom. The molecule has 3 aromatic rings.